The Labute approximate surface area is 119 Å². The second-order valence-electron chi connectivity index (χ2n) is 3.79. The molecule has 0 fully saturated rings. The predicted molar refractivity (Wildman–Crippen MR) is 72.6 cm³/mol. The Bertz CT molecular complexity index is 725. The average molecular weight is 290 g/mol. The largest absolute Gasteiger partial charge is 0.496 e. The first kappa shape index (κ1) is 13.8. The van der Waals surface area contributed by atoms with Gasteiger partial charge in [-0.15, -0.1) is 0 Å². The van der Waals surface area contributed by atoms with Crippen LogP contribution < -0.4 is 4.74 Å². The number of hydrogen-bond acceptors (Lipinski definition) is 5. The summed E-state index contributed by atoms with van der Waals surface area (Å²) in [7, 11) is 1.43. The highest BCUT2D eigenvalue weighted by molar-refractivity contribution is 6.29. The number of methoxy groups -OCH3 is 1. The van der Waals surface area contributed by atoms with Gasteiger partial charge in [0.1, 0.15) is 10.9 Å². The number of nitriles is 1. The summed E-state index contributed by atoms with van der Waals surface area (Å²) in [5, 5.41) is 20.1. The standard InChI is InChI=1S/C13H8ClN3O3/c1-20-11-4-2-8(7-15)6-9(11)13-10(17(18)19)3-5-12(14)16-13/h2-6H,1H3. The van der Waals surface area contributed by atoms with Crippen LogP contribution in [-0.4, -0.2) is 17.0 Å². The zero-order chi connectivity index (χ0) is 14.7. The van der Waals surface area contributed by atoms with Crippen LogP contribution in [-0.2, 0) is 0 Å². The molecule has 1 heterocycles. The van der Waals surface area contributed by atoms with Crippen molar-refractivity contribution in [2.24, 2.45) is 0 Å². The molecular formula is C13H8ClN3O3. The molecule has 20 heavy (non-hydrogen) atoms. The molecule has 6 nitrogen and oxygen atoms in total. The first-order valence-electron chi connectivity index (χ1n) is 5.46. The maximum atomic E-state index is 11.1. The van der Waals surface area contributed by atoms with E-state index in [9.17, 15) is 10.1 Å². The molecule has 0 bridgehead atoms. The van der Waals surface area contributed by atoms with Crippen LogP contribution in [0.3, 0.4) is 0 Å². The average Bonchev–Trinajstić information content (AvgIpc) is 2.46. The third-order valence-corrected chi connectivity index (χ3v) is 2.83. The van der Waals surface area contributed by atoms with Gasteiger partial charge in [0.2, 0.25) is 0 Å². The highest BCUT2D eigenvalue weighted by Crippen LogP contribution is 2.36. The number of halogens is 1. The molecule has 100 valence electrons. The molecule has 0 aliphatic rings. The fraction of sp³-hybridized carbons (Fsp3) is 0.0769. The van der Waals surface area contributed by atoms with Gasteiger partial charge in [-0.3, -0.25) is 10.1 Å². The van der Waals surface area contributed by atoms with Crippen LogP contribution in [0.5, 0.6) is 5.75 Å². The van der Waals surface area contributed by atoms with Crippen LogP contribution in [0, 0.1) is 21.4 Å². The Morgan fingerprint density at radius 3 is 2.75 bits per heavy atom. The third-order valence-electron chi connectivity index (χ3n) is 2.62. The summed E-state index contributed by atoms with van der Waals surface area (Å²) < 4.78 is 5.16. The molecule has 0 saturated heterocycles. The zero-order valence-corrected chi connectivity index (χ0v) is 11.1. The molecule has 0 unspecified atom stereocenters. The summed E-state index contributed by atoms with van der Waals surface area (Å²) in [5.41, 5.74) is 0.553. The normalized spacial score (nSPS) is 9.85. The van der Waals surface area contributed by atoms with Gasteiger partial charge in [0, 0.05) is 6.07 Å². The Morgan fingerprint density at radius 1 is 1.40 bits per heavy atom. The van der Waals surface area contributed by atoms with E-state index in [0.717, 1.165) is 0 Å². The van der Waals surface area contributed by atoms with Crippen LogP contribution >= 0.6 is 11.6 Å². The van der Waals surface area contributed by atoms with E-state index in [1.807, 2.05) is 6.07 Å². The Hall–Kier alpha value is -2.65. The number of pyridine rings is 1. The maximum absolute atomic E-state index is 11.1. The summed E-state index contributed by atoms with van der Waals surface area (Å²) in [6.45, 7) is 0. The van der Waals surface area contributed by atoms with E-state index in [2.05, 4.69) is 4.98 Å². The molecule has 0 aliphatic carbocycles. The highest BCUT2D eigenvalue weighted by Gasteiger charge is 2.21. The third kappa shape index (κ3) is 2.53. The van der Waals surface area contributed by atoms with Crippen LogP contribution in [0.25, 0.3) is 11.3 Å². The van der Waals surface area contributed by atoms with Crippen LogP contribution in [0.1, 0.15) is 5.56 Å². The van der Waals surface area contributed by atoms with Gasteiger partial charge in [-0.1, -0.05) is 11.6 Å². The number of aromatic nitrogens is 1. The van der Waals surface area contributed by atoms with Gasteiger partial charge in [-0.05, 0) is 24.3 Å². The van der Waals surface area contributed by atoms with E-state index in [4.69, 9.17) is 21.6 Å². The number of nitrogens with zero attached hydrogens (tertiary/aromatic N) is 3. The molecule has 2 rings (SSSR count). The summed E-state index contributed by atoms with van der Waals surface area (Å²) >= 11 is 5.80. The minimum atomic E-state index is -0.558. The second-order valence-corrected chi connectivity index (χ2v) is 4.17. The van der Waals surface area contributed by atoms with E-state index in [-0.39, 0.29) is 16.5 Å². The van der Waals surface area contributed by atoms with Gasteiger partial charge >= 0.3 is 0 Å². The lowest BCUT2D eigenvalue weighted by atomic mass is 10.1. The molecule has 0 N–H and O–H groups in total. The number of ether oxygens (including phenoxy) is 1. The van der Waals surface area contributed by atoms with Crippen molar-refractivity contribution in [2.45, 2.75) is 0 Å². The summed E-state index contributed by atoms with van der Waals surface area (Å²) in [4.78, 5) is 14.5. The fourth-order valence-corrected chi connectivity index (χ4v) is 1.88. The lowest BCUT2D eigenvalue weighted by molar-refractivity contribution is -0.384. The highest BCUT2D eigenvalue weighted by atomic mass is 35.5. The molecule has 0 aliphatic heterocycles. The van der Waals surface area contributed by atoms with Crippen LogP contribution in [0.15, 0.2) is 30.3 Å². The first-order chi connectivity index (χ1) is 9.56. The molecule has 0 amide bonds. The van der Waals surface area contributed by atoms with Gasteiger partial charge in [0.05, 0.1) is 29.2 Å². The molecule has 1 aromatic heterocycles. The van der Waals surface area contributed by atoms with Crippen molar-refractivity contribution in [3.63, 3.8) is 0 Å². The monoisotopic (exact) mass is 289 g/mol. The molecule has 0 radical (unpaired) electrons. The van der Waals surface area contributed by atoms with Gasteiger partial charge in [-0.2, -0.15) is 5.26 Å². The number of nitro groups is 1. The number of hydrogen-bond donors (Lipinski definition) is 0. The lowest BCUT2D eigenvalue weighted by Gasteiger charge is -2.09. The lowest BCUT2D eigenvalue weighted by Crippen LogP contribution is -1.97. The molecule has 1 aromatic carbocycles. The molecule has 2 aromatic rings. The van der Waals surface area contributed by atoms with E-state index in [1.165, 1.54) is 25.3 Å². The first-order valence-corrected chi connectivity index (χ1v) is 5.84. The maximum Gasteiger partial charge on any atom is 0.295 e. The van der Waals surface area contributed by atoms with E-state index in [0.29, 0.717) is 16.9 Å². The van der Waals surface area contributed by atoms with Crippen molar-refractivity contribution in [3.8, 4) is 23.1 Å². The molecule has 0 spiro atoms. The minimum Gasteiger partial charge on any atom is -0.496 e. The quantitative estimate of drug-likeness (QED) is 0.492. The van der Waals surface area contributed by atoms with E-state index < -0.39 is 4.92 Å². The Kier molecular flexibility index (Phi) is 3.82. The van der Waals surface area contributed by atoms with Crippen LogP contribution in [0.2, 0.25) is 5.15 Å². The van der Waals surface area contributed by atoms with Crippen molar-refractivity contribution in [1.29, 1.82) is 5.26 Å². The zero-order valence-electron chi connectivity index (χ0n) is 10.3. The molecule has 7 heteroatoms. The van der Waals surface area contributed by atoms with Crippen molar-refractivity contribution in [1.82, 2.24) is 4.98 Å². The van der Waals surface area contributed by atoms with Crippen LogP contribution in [0.4, 0.5) is 5.69 Å². The van der Waals surface area contributed by atoms with Gasteiger partial charge in [0.25, 0.3) is 5.69 Å². The van der Waals surface area contributed by atoms with Gasteiger partial charge in [0.15, 0.2) is 5.69 Å². The van der Waals surface area contributed by atoms with Gasteiger partial charge in [-0.25, -0.2) is 4.98 Å². The SMILES string of the molecule is COc1ccc(C#N)cc1-c1nc(Cl)ccc1[N+](=O)[O-]. The fourth-order valence-electron chi connectivity index (χ4n) is 1.74. The number of rotatable bonds is 3. The summed E-state index contributed by atoms with van der Waals surface area (Å²) in [5.74, 6) is 0.377. The van der Waals surface area contributed by atoms with E-state index >= 15 is 0 Å². The van der Waals surface area contributed by atoms with Crippen molar-refractivity contribution < 1.29 is 9.66 Å². The summed E-state index contributed by atoms with van der Waals surface area (Å²) in [6, 6.07) is 9.16. The molecule has 0 saturated carbocycles. The molecular weight excluding hydrogens is 282 g/mol. The van der Waals surface area contributed by atoms with Crippen molar-refractivity contribution in [2.75, 3.05) is 7.11 Å². The summed E-state index contributed by atoms with van der Waals surface area (Å²) in [6.07, 6.45) is 0. The molecule has 0 atom stereocenters. The Morgan fingerprint density at radius 2 is 2.15 bits per heavy atom. The topological polar surface area (TPSA) is 89.0 Å². The van der Waals surface area contributed by atoms with Gasteiger partial charge < -0.3 is 4.74 Å². The number of benzene rings is 1. The van der Waals surface area contributed by atoms with E-state index in [1.54, 1.807) is 12.1 Å². The smallest absolute Gasteiger partial charge is 0.295 e. The Balaban J connectivity index is 2.76. The minimum absolute atomic E-state index is 0.0662. The second kappa shape index (κ2) is 5.55. The predicted octanol–water partition coefficient (Wildman–Crippen LogP) is 3.19. The van der Waals surface area contributed by atoms with Crippen molar-refractivity contribution >= 4 is 17.3 Å². The van der Waals surface area contributed by atoms with Crippen molar-refractivity contribution in [3.05, 3.63) is 51.2 Å².